The highest BCUT2D eigenvalue weighted by Crippen LogP contribution is 2.02. The summed E-state index contributed by atoms with van der Waals surface area (Å²) >= 11 is 0. The molecule has 1 amide bonds. The second-order valence-electron chi connectivity index (χ2n) is 4.39. The van der Waals surface area contributed by atoms with Gasteiger partial charge in [0.2, 0.25) is 5.91 Å². The number of hydrogen-bond acceptors (Lipinski definition) is 2. The summed E-state index contributed by atoms with van der Waals surface area (Å²) in [5.41, 5.74) is 0.638. The number of hydrogen-bond donors (Lipinski definition) is 1. The summed E-state index contributed by atoms with van der Waals surface area (Å²) in [6, 6.07) is 1.93. The summed E-state index contributed by atoms with van der Waals surface area (Å²) in [5, 5.41) is 2.92. The molecular formula is C13H20N2O2. The van der Waals surface area contributed by atoms with Gasteiger partial charge in [-0.1, -0.05) is 13.3 Å². The van der Waals surface area contributed by atoms with E-state index in [1.165, 1.54) is 6.92 Å². The lowest BCUT2D eigenvalue weighted by atomic mass is 10.2. The second-order valence-corrected chi connectivity index (χ2v) is 4.39. The van der Waals surface area contributed by atoms with Gasteiger partial charge in [0.1, 0.15) is 6.54 Å². The Morgan fingerprint density at radius 1 is 1.47 bits per heavy atom. The van der Waals surface area contributed by atoms with Crippen molar-refractivity contribution in [1.29, 1.82) is 0 Å². The molecule has 0 aliphatic heterocycles. The van der Waals surface area contributed by atoms with Crippen molar-refractivity contribution in [3.05, 3.63) is 24.0 Å². The molecule has 0 saturated heterocycles. The van der Waals surface area contributed by atoms with Gasteiger partial charge >= 0.3 is 0 Å². The number of carbonyl (C=O) groups excluding carboxylic acids is 2. The summed E-state index contributed by atoms with van der Waals surface area (Å²) in [7, 11) is 0. The molecule has 1 N–H and O–H groups in total. The molecule has 1 atom stereocenters. The number of nitrogens with zero attached hydrogens (tertiary/aromatic N) is 1. The Labute approximate surface area is 102 Å². The molecule has 17 heavy (non-hydrogen) atoms. The predicted octanol–water partition coefficient (Wildman–Crippen LogP) is 2.00. The molecule has 1 heterocycles. The average molecular weight is 236 g/mol. The fraction of sp³-hybridized carbons (Fsp3) is 0.538. The van der Waals surface area contributed by atoms with Gasteiger partial charge in [-0.2, -0.15) is 0 Å². The van der Waals surface area contributed by atoms with Crippen LogP contribution in [0.2, 0.25) is 0 Å². The molecule has 1 aromatic heterocycles. The summed E-state index contributed by atoms with van der Waals surface area (Å²) < 4.78 is 1.73. The van der Waals surface area contributed by atoms with Crippen LogP contribution in [0.5, 0.6) is 0 Å². The maximum atomic E-state index is 11.7. The molecule has 1 rings (SSSR count). The predicted molar refractivity (Wildman–Crippen MR) is 66.9 cm³/mol. The SMILES string of the molecule is CCCC(C)NC(=O)Cn1ccc(C(C)=O)c1. The van der Waals surface area contributed by atoms with Crippen LogP contribution in [0.15, 0.2) is 18.5 Å². The Hall–Kier alpha value is -1.58. The van der Waals surface area contributed by atoms with Crippen LogP contribution < -0.4 is 5.32 Å². The largest absolute Gasteiger partial charge is 0.352 e. The molecular weight excluding hydrogens is 216 g/mol. The Balaban J connectivity index is 2.47. The maximum absolute atomic E-state index is 11.7. The van der Waals surface area contributed by atoms with Gasteiger partial charge in [0.05, 0.1) is 0 Å². The number of Topliss-reactive ketones (excluding diaryl/α,β-unsaturated/α-hetero) is 1. The zero-order valence-electron chi connectivity index (χ0n) is 10.7. The number of amides is 1. The van der Waals surface area contributed by atoms with E-state index < -0.39 is 0 Å². The molecule has 4 nitrogen and oxygen atoms in total. The molecule has 1 unspecified atom stereocenters. The maximum Gasteiger partial charge on any atom is 0.240 e. The first-order chi connectivity index (χ1) is 8.02. The van der Waals surface area contributed by atoms with E-state index in [0.29, 0.717) is 5.56 Å². The number of rotatable bonds is 6. The minimum absolute atomic E-state index is 0.0170. The minimum Gasteiger partial charge on any atom is -0.352 e. The molecule has 0 aliphatic rings. The highest BCUT2D eigenvalue weighted by Gasteiger charge is 2.08. The van der Waals surface area contributed by atoms with Crippen LogP contribution in [-0.2, 0) is 11.3 Å². The lowest BCUT2D eigenvalue weighted by Crippen LogP contribution is -2.34. The quantitative estimate of drug-likeness (QED) is 0.768. The summed E-state index contributed by atoms with van der Waals surface area (Å²) in [5.74, 6) is 0.000149. The van der Waals surface area contributed by atoms with Gasteiger partial charge in [-0.3, -0.25) is 9.59 Å². The van der Waals surface area contributed by atoms with Gasteiger partial charge in [0.25, 0.3) is 0 Å². The van der Waals surface area contributed by atoms with Crippen LogP contribution >= 0.6 is 0 Å². The zero-order valence-corrected chi connectivity index (χ0v) is 10.7. The third-order valence-electron chi connectivity index (χ3n) is 2.61. The molecule has 0 saturated carbocycles. The van der Waals surface area contributed by atoms with Crippen molar-refractivity contribution < 1.29 is 9.59 Å². The molecule has 0 aliphatic carbocycles. The van der Waals surface area contributed by atoms with Crippen molar-refractivity contribution in [2.75, 3.05) is 0 Å². The van der Waals surface area contributed by atoms with Crippen molar-refractivity contribution in [3.63, 3.8) is 0 Å². The summed E-state index contributed by atoms with van der Waals surface area (Å²) in [6.45, 7) is 5.87. The fourth-order valence-corrected chi connectivity index (χ4v) is 1.74. The fourth-order valence-electron chi connectivity index (χ4n) is 1.74. The van der Waals surface area contributed by atoms with Gasteiger partial charge in [-0.05, 0) is 26.3 Å². The van der Waals surface area contributed by atoms with E-state index in [1.807, 2.05) is 6.92 Å². The smallest absolute Gasteiger partial charge is 0.240 e. The molecule has 0 radical (unpaired) electrons. The average Bonchev–Trinajstić information content (AvgIpc) is 2.66. The van der Waals surface area contributed by atoms with Crippen LogP contribution in [0.1, 0.15) is 44.0 Å². The van der Waals surface area contributed by atoms with Crippen molar-refractivity contribution in [3.8, 4) is 0 Å². The standard InChI is InChI=1S/C13H20N2O2/c1-4-5-10(2)14-13(17)9-15-7-6-12(8-15)11(3)16/h6-8,10H,4-5,9H2,1-3H3,(H,14,17). The molecule has 0 spiro atoms. The first-order valence-corrected chi connectivity index (χ1v) is 5.99. The van der Waals surface area contributed by atoms with E-state index in [4.69, 9.17) is 0 Å². The molecule has 94 valence electrons. The number of carbonyl (C=O) groups is 2. The molecule has 0 bridgehead atoms. The van der Waals surface area contributed by atoms with Gasteiger partial charge in [-0.15, -0.1) is 0 Å². The molecule has 0 aromatic carbocycles. The number of ketones is 1. The Morgan fingerprint density at radius 3 is 2.71 bits per heavy atom. The third kappa shape index (κ3) is 4.43. The molecule has 1 aromatic rings. The van der Waals surface area contributed by atoms with Crippen molar-refractivity contribution >= 4 is 11.7 Å². The van der Waals surface area contributed by atoms with E-state index >= 15 is 0 Å². The lowest BCUT2D eigenvalue weighted by Gasteiger charge is -2.12. The first-order valence-electron chi connectivity index (χ1n) is 5.99. The lowest BCUT2D eigenvalue weighted by molar-refractivity contribution is -0.122. The van der Waals surface area contributed by atoms with Crippen LogP contribution in [0.4, 0.5) is 0 Å². The zero-order chi connectivity index (χ0) is 12.8. The van der Waals surface area contributed by atoms with Crippen LogP contribution in [-0.4, -0.2) is 22.3 Å². The van der Waals surface area contributed by atoms with Gasteiger partial charge in [-0.25, -0.2) is 0 Å². The summed E-state index contributed by atoms with van der Waals surface area (Å²) in [6.07, 6.45) is 5.49. The van der Waals surface area contributed by atoms with Crippen LogP contribution in [0.3, 0.4) is 0 Å². The van der Waals surface area contributed by atoms with E-state index in [2.05, 4.69) is 12.2 Å². The Bertz CT molecular complexity index is 396. The van der Waals surface area contributed by atoms with E-state index in [-0.39, 0.29) is 24.3 Å². The Kier molecular flexibility index (Phi) is 4.94. The van der Waals surface area contributed by atoms with E-state index in [0.717, 1.165) is 12.8 Å². The van der Waals surface area contributed by atoms with Crippen LogP contribution in [0.25, 0.3) is 0 Å². The summed E-state index contributed by atoms with van der Waals surface area (Å²) in [4.78, 5) is 22.8. The number of nitrogens with one attached hydrogen (secondary N) is 1. The van der Waals surface area contributed by atoms with Crippen LogP contribution in [0, 0.1) is 0 Å². The first kappa shape index (κ1) is 13.5. The highest BCUT2D eigenvalue weighted by atomic mass is 16.2. The third-order valence-corrected chi connectivity index (χ3v) is 2.61. The normalized spacial score (nSPS) is 12.2. The molecule has 4 heteroatoms. The van der Waals surface area contributed by atoms with Crippen molar-refractivity contribution in [1.82, 2.24) is 9.88 Å². The van der Waals surface area contributed by atoms with Crippen molar-refractivity contribution in [2.24, 2.45) is 0 Å². The number of aromatic nitrogens is 1. The second kappa shape index (κ2) is 6.23. The van der Waals surface area contributed by atoms with Gasteiger partial charge in [0, 0.05) is 24.0 Å². The molecule has 0 fully saturated rings. The van der Waals surface area contributed by atoms with Gasteiger partial charge in [0.15, 0.2) is 5.78 Å². The Morgan fingerprint density at radius 2 is 2.18 bits per heavy atom. The van der Waals surface area contributed by atoms with Gasteiger partial charge < -0.3 is 9.88 Å². The topological polar surface area (TPSA) is 51.1 Å². The minimum atomic E-state index is -0.0170. The monoisotopic (exact) mass is 236 g/mol. The van der Waals surface area contributed by atoms with E-state index in [1.54, 1.807) is 23.0 Å². The van der Waals surface area contributed by atoms with Crippen molar-refractivity contribution in [2.45, 2.75) is 46.2 Å². The van der Waals surface area contributed by atoms with E-state index in [9.17, 15) is 9.59 Å². The highest BCUT2D eigenvalue weighted by molar-refractivity contribution is 5.93.